The molecule has 5 unspecified atom stereocenters. The van der Waals surface area contributed by atoms with Crippen molar-refractivity contribution in [1.82, 2.24) is 0 Å². The van der Waals surface area contributed by atoms with E-state index in [0.717, 1.165) is 148 Å². The number of aliphatic hydroxyl groups is 2. The van der Waals surface area contributed by atoms with Crippen molar-refractivity contribution < 1.29 is 75.8 Å². The zero-order valence-electron chi connectivity index (χ0n) is 59.3. The Kier molecular flexibility index (Phi) is 66.9. The first-order valence-electron chi connectivity index (χ1n) is 36.8. The van der Waals surface area contributed by atoms with Crippen LogP contribution in [0.1, 0.15) is 290 Å². The minimum absolute atomic E-state index is 0.0788. The van der Waals surface area contributed by atoms with Crippen molar-refractivity contribution in [3.63, 3.8) is 0 Å². The lowest BCUT2D eigenvalue weighted by molar-refractivity contribution is -0.161. The Bertz CT molecular complexity index is 2210. The van der Waals surface area contributed by atoms with Crippen molar-refractivity contribution in [2.75, 3.05) is 39.6 Å². The van der Waals surface area contributed by atoms with Crippen LogP contribution in [0.2, 0.25) is 0 Å². The predicted molar refractivity (Wildman–Crippen MR) is 390 cm³/mol. The highest BCUT2D eigenvalue weighted by Gasteiger charge is 2.29. The molecule has 95 heavy (non-hydrogen) atoms. The van der Waals surface area contributed by atoms with E-state index >= 15 is 0 Å². The molecule has 18 heteroatoms. The van der Waals surface area contributed by atoms with E-state index < -0.39 is 91.5 Å². The first-order chi connectivity index (χ1) is 46.2. The molecular formula is C77H132O16P2. The maximum atomic E-state index is 12.9. The number of unbranched alkanes of at least 4 members (excludes halogenated alkanes) is 26. The van der Waals surface area contributed by atoms with Crippen LogP contribution in [0.5, 0.6) is 0 Å². The summed E-state index contributed by atoms with van der Waals surface area (Å²) in [5.74, 6) is -1.62. The van der Waals surface area contributed by atoms with Crippen LogP contribution in [0.4, 0.5) is 0 Å². The number of phosphoric ester groups is 2. The minimum Gasteiger partial charge on any atom is -0.463 e. The third-order valence-electron chi connectivity index (χ3n) is 15.2. The summed E-state index contributed by atoms with van der Waals surface area (Å²) >= 11 is 0. The highest BCUT2D eigenvalue weighted by atomic mass is 31.2. The summed E-state index contributed by atoms with van der Waals surface area (Å²) in [6, 6.07) is 0. The number of allylic oxidation sites excluding steroid dienone is 20. The lowest BCUT2D eigenvalue weighted by Gasteiger charge is -2.21. The second-order valence-electron chi connectivity index (χ2n) is 24.3. The van der Waals surface area contributed by atoms with Gasteiger partial charge in [-0.15, -0.1) is 0 Å². The SMILES string of the molecule is CC/C=C\C/C=C\C/C=C\CCCCCCCC(=O)OCC(COP(=O)(O)OCC(O)COP(=O)(O)OCC(O)COC(=O)CCCCCCCCCCCCCCC/C=C\C/C=C\C/C=C\C/C=C\CCCCC)OC(=O)CCCCCCC/C=C\C/C=C\C/C=C\CC. The Morgan fingerprint density at radius 3 is 0.884 bits per heavy atom. The molecule has 0 heterocycles. The average Bonchev–Trinajstić information content (AvgIpc) is 2.13. The van der Waals surface area contributed by atoms with Gasteiger partial charge in [0.05, 0.1) is 26.4 Å². The molecule has 0 aliphatic heterocycles. The number of phosphoric acid groups is 2. The number of carbonyl (C=O) groups excluding carboxylic acids is 3. The summed E-state index contributed by atoms with van der Waals surface area (Å²) in [6.45, 7) is 2.38. The molecule has 0 rings (SSSR count). The molecule has 0 aromatic heterocycles. The molecule has 0 radical (unpaired) electrons. The van der Waals surface area contributed by atoms with E-state index in [1.54, 1.807) is 0 Å². The second kappa shape index (κ2) is 69.8. The van der Waals surface area contributed by atoms with E-state index in [2.05, 4.69) is 142 Å². The first-order valence-corrected chi connectivity index (χ1v) is 39.8. The van der Waals surface area contributed by atoms with Crippen molar-refractivity contribution in [3.05, 3.63) is 122 Å². The van der Waals surface area contributed by atoms with Gasteiger partial charge in [-0.3, -0.25) is 32.5 Å². The van der Waals surface area contributed by atoms with Gasteiger partial charge in [0.1, 0.15) is 25.4 Å². The molecule has 546 valence electrons. The molecule has 0 amide bonds. The maximum absolute atomic E-state index is 12.9. The summed E-state index contributed by atoms with van der Waals surface area (Å²) in [7, 11) is -9.79. The molecule has 0 saturated carbocycles. The molecule has 0 fully saturated rings. The van der Waals surface area contributed by atoms with Crippen LogP contribution < -0.4 is 0 Å². The quantitative estimate of drug-likeness (QED) is 0.0146. The predicted octanol–water partition coefficient (Wildman–Crippen LogP) is 21.0. The van der Waals surface area contributed by atoms with E-state index in [1.807, 2.05) is 0 Å². The van der Waals surface area contributed by atoms with E-state index in [4.69, 9.17) is 32.3 Å². The fraction of sp³-hybridized carbons (Fsp3) is 0.701. The van der Waals surface area contributed by atoms with Crippen LogP contribution in [0.3, 0.4) is 0 Å². The third kappa shape index (κ3) is 71.1. The van der Waals surface area contributed by atoms with Crippen LogP contribution in [-0.2, 0) is 55.8 Å². The Hall–Kier alpha value is -4.05. The van der Waals surface area contributed by atoms with Crippen molar-refractivity contribution in [2.45, 2.75) is 309 Å². The van der Waals surface area contributed by atoms with Crippen LogP contribution in [0.15, 0.2) is 122 Å². The number of aliphatic hydroxyl groups excluding tert-OH is 2. The molecule has 0 bridgehead atoms. The van der Waals surface area contributed by atoms with Crippen LogP contribution in [-0.4, -0.2) is 95.9 Å². The number of ether oxygens (including phenoxy) is 3. The van der Waals surface area contributed by atoms with Crippen molar-refractivity contribution >= 4 is 33.6 Å². The van der Waals surface area contributed by atoms with Crippen LogP contribution in [0, 0.1) is 0 Å². The molecule has 0 saturated heterocycles. The molecule has 0 aliphatic rings. The monoisotopic (exact) mass is 1370 g/mol. The van der Waals surface area contributed by atoms with E-state index in [9.17, 15) is 43.5 Å². The topological polar surface area (TPSA) is 231 Å². The van der Waals surface area contributed by atoms with Crippen molar-refractivity contribution in [3.8, 4) is 0 Å². The van der Waals surface area contributed by atoms with Gasteiger partial charge in [0.2, 0.25) is 0 Å². The van der Waals surface area contributed by atoms with Gasteiger partial charge < -0.3 is 34.2 Å². The number of esters is 3. The molecule has 0 spiro atoms. The maximum Gasteiger partial charge on any atom is 0.472 e. The zero-order valence-corrected chi connectivity index (χ0v) is 61.1. The van der Waals surface area contributed by atoms with E-state index in [-0.39, 0.29) is 19.3 Å². The fourth-order valence-corrected chi connectivity index (χ4v) is 11.2. The number of rotatable bonds is 69. The van der Waals surface area contributed by atoms with Crippen molar-refractivity contribution in [1.29, 1.82) is 0 Å². The van der Waals surface area contributed by atoms with Gasteiger partial charge >= 0.3 is 33.6 Å². The Morgan fingerprint density at radius 1 is 0.305 bits per heavy atom. The Morgan fingerprint density at radius 2 is 0.558 bits per heavy atom. The van der Waals surface area contributed by atoms with Gasteiger partial charge in [0, 0.05) is 19.3 Å². The van der Waals surface area contributed by atoms with Crippen LogP contribution in [0.25, 0.3) is 0 Å². The molecule has 16 nitrogen and oxygen atoms in total. The molecule has 0 aromatic carbocycles. The lowest BCUT2D eigenvalue weighted by Crippen LogP contribution is -2.30. The van der Waals surface area contributed by atoms with Crippen molar-refractivity contribution in [2.24, 2.45) is 0 Å². The normalized spacial score (nSPS) is 14.8. The van der Waals surface area contributed by atoms with E-state index in [0.29, 0.717) is 19.3 Å². The standard InChI is InChI=1S/C77H132O16P2/c1-4-7-10-13-16-19-22-25-28-29-30-31-32-33-34-35-36-37-38-39-40-41-44-46-48-51-54-57-60-63-75(80)87-66-72(78)67-89-94(83,84)90-68-73(79)69-91-95(85,86)92-71-74(93-77(82)65-62-59-56-53-50-47-43-27-24-21-18-15-12-9-6-3)70-88-76(81)64-61-58-55-52-49-45-42-26-23-20-17-14-11-8-5-2/h8-9,11-12,16-21,25-28,30-31,33-34,42-43,72-74,78-79H,4-7,10,13-15,22-24,29,32,35-41,44-71H2,1-3H3,(H,83,84)(H,85,86)/b11-8-,12-9-,19-16-,20-17-,21-18-,28-25-,31-30-,34-33-,42-26-,43-27-. The molecule has 4 N–H and O–H groups in total. The first kappa shape index (κ1) is 91.0. The summed E-state index contributed by atoms with van der Waals surface area (Å²) in [5, 5.41) is 20.6. The van der Waals surface area contributed by atoms with Gasteiger partial charge in [-0.1, -0.05) is 264 Å². The highest BCUT2D eigenvalue weighted by molar-refractivity contribution is 7.47. The Balaban J connectivity index is 4.49. The largest absolute Gasteiger partial charge is 0.472 e. The number of hydrogen-bond acceptors (Lipinski definition) is 14. The smallest absolute Gasteiger partial charge is 0.463 e. The number of hydrogen-bond donors (Lipinski definition) is 4. The third-order valence-corrected chi connectivity index (χ3v) is 17.1. The summed E-state index contributed by atoms with van der Waals surface area (Å²) < 4.78 is 60.9. The number of carbonyl (C=O) groups is 3. The van der Waals surface area contributed by atoms with Crippen LogP contribution >= 0.6 is 15.6 Å². The van der Waals surface area contributed by atoms with Gasteiger partial charge in [-0.05, 0) is 128 Å². The summed E-state index contributed by atoms with van der Waals surface area (Å²) in [6.07, 6.45) is 81.2. The van der Waals surface area contributed by atoms with Gasteiger partial charge in [0.15, 0.2) is 6.10 Å². The van der Waals surface area contributed by atoms with Gasteiger partial charge in [-0.2, -0.15) is 0 Å². The summed E-state index contributed by atoms with van der Waals surface area (Å²) in [4.78, 5) is 58.4. The molecule has 0 aliphatic carbocycles. The molecular weight excluding hydrogens is 1240 g/mol. The second-order valence-corrected chi connectivity index (χ2v) is 27.2. The zero-order chi connectivity index (χ0) is 69.5. The fourth-order valence-electron chi connectivity index (χ4n) is 9.58. The average molecular weight is 1380 g/mol. The highest BCUT2D eigenvalue weighted by Crippen LogP contribution is 2.45. The summed E-state index contributed by atoms with van der Waals surface area (Å²) in [5.41, 5.74) is 0. The molecule has 0 aromatic rings. The van der Waals surface area contributed by atoms with Gasteiger partial charge in [0.25, 0.3) is 0 Å². The lowest BCUT2D eigenvalue weighted by atomic mass is 10.0. The van der Waals surface area contributed by atoms with E-state index in [1.165, 1.54) is 83.5 Å². The minimum atomic E-state index is -4.94. The van der Waals surface area contributed by atoms with Gasteiger partial charge in [-0.25, -0.2) is 9.13 Å². The molecule has 5 atom stereocenters. The Labute approximate surface area is 576 Å².